The van der Waals surface area contributed by atoms with Gasteiger partial charge >= 0.3 is 6.36 Å². The standard InChI is InChI=1S/C14H18F3NO2/c1-18-13(11-6-7-19-9-11)8-10-2-4-12(5-3-10)20-14(15,16)17/h2-5,11,13,18H,6-9H2,1H3. The van der Waals surface area contributed by atoms with E-state index >= 15 is 0 Å². The lowest BCUT2D eigenvalue weighted by Crippen LogP contribution is -2.35. The van der Waals surface area contributed by atoms with Gasteiger partial charge in [0.2, 0.25) is 0 Å². The van der Waals surface area contributed by atoms with Crippen LogP contribution in [0.25, 0.3) is 0 Å². The van der Waals surface area contributed by atoms with E-state index in [1.165, 1.54) is 12.1 Å². The maximum atomic E-state index is 12.1. The highest BCUT2D eigenvalue weighted by atomic mass is 19.4. The van der Waals surface area contributed by atoms with Crippen molar-refractivity contribution in [1.29, 1.82) is 0 Å². The summed E-state index contributed by atoms with van der Waals surface area (Å²) in [7, 11) is 1.89. The van der Waals surface area contributed by atoms with Crippen LogP contribution in [0, 0.1) is 5.92 Å². The van der Waals surface area contributed by atoms with Gasteiger partial charge in [0.25, 0.3) is 0 Å². The normalized spacial score (nSPS) is 20.9. The molecular formula is C14H18F3NO2. The van der Waals surface area contributed by atoms with Gasteiger partial charge in [-0.3, -0.25) is 0 Å². The van der Waals surface area contributed by atoms with Gasteiger partial charge in [-0.15, -0.1) is 13.2 Å². The summed E-state index contributed by atoms with van der Waals surface area (Å²) in [6.45, 7) is 1.52. The number of alkyl halides is 3. The Hall–Kier alpha value is -1.27. The molecule has 2 unspecified atom stereocenters. The van der Waals surface area contributed by atoms with Crippen LogP contribution in [0.1, 0.15) is 12.0 Å². The van der Waals surface area contributed by atoms with E-state index in [0.717, 1.165) is 31.6 Å². The minimum Gasteiger partial charge on any atom is -0.406 e. The van der Waals surface area contributed by atoms with Gasteiger partial charge in [-0.2, -0.15) is 0 Å². The minimum atomic E-state index is -4.64. The van der Waals surface area contributed by atoms with Crippen molar-refractivity contribution < 1.29 is 22.6 Å². The first-order valence-electron chi connectivity index (χ1n) is 6.57. The van der Waals surface area contributed by atoms with E-state index in [2.05, 4.69) is 10.1 Å². The molecule has 1 aliphatic rings. The van der Waals surface area contributed by atoms with Crippen LogP contribution in [0.5, 0.6) is 5.75 Å². The summed E-state index contributed by atoms with van der Waals surface area (Å²) in [6, 6.07) is 6.30. The number of rotatable bonds is 5. The van der Waals surface area contributed by atoms with E-state index in [9.17, 15) is 13.2 Å². The fourth-order valence-corrected chi connectivity index (χ4v) is 2.46. The molecule has 2 atom stereocenters. The van der Waals surface area contributed by atoms with Crippen molar-refractivity contribution >= 4 is 0 Å². The zero-order chi connectivity index (χ0) is 14.6. The lowest BCUT2D eigenvalue weighted by molar-refractivity contribution is -0.274. The van der Waals surface area contributed by atoms with Crippen molar-refractivity contribution in [2.75, 3.05) is 20.3 Å². The first kappa shape index (κ1) is 15.1. The number of benzene rings is 1. The molecule has 1 N–H and O–H groups in total. The Morgan fingerprint density at radius 3 is 2.55 bits per heavy atom. The first-order chi connectivity index (χ1) is 9.48. The average Bonchev–Trinajstić information content (AvgIpc) is 2.90. The molecule has 1 aliphatic heterocycles. The van der Waals surface area contributed by atoms with Crippen LogP contribution in [-0.2, 0) is 11.2 Å². The molecule has 1 fully saturated rings. The number of nitrogens with one attached hydrogen (secondary N) is 1. The third kappa shape index (κ3) is 4.38. The Morgan fingerprint density at radius 2 is 2.05 bits per heavy atom. The van der Waals surface area contributed by atoms with Gasteiger partial charge < -0.3 is 14.8 Å². The minimum absolute atomic E-state index is 0.188. The molecule has 1 heterocycles. The molecule has 0 saturated carbocycles. The van der Waals surface area contributed by atoms with Crippen molar-refractivity contribution in [3.8, 4) is 5.75 Å². The monoisotopic (exact) mass is 289 g/mol. The van der Waals surface area contributed by atoms with E-state index in [1.54, 1.807) is 12.1 Å². The fraction of sp³-hybridized carbons (Fsp3) is 0.571. The highest BCUT2D eigenvalue weighted by molar-refractivity contribution is 5.28. The largest absolute Gasteiger partial charge is 0.573 e. The molecule has 0 amide bonds. The van der Waals surface area contributed by atoms with Gasteiger partial charge in [0.15, 0.2) is 0 Å². The molecule has 2 rings (SSSR count). The number of halogens is 3. The number of likely N-dealkylation sites (N-methyl/N-ethyl adjacent to an activating group) is 1. The quantitative estimate of drug-likeness (QED) is 0.904. The van der Waals surface area contributed by atoms with Crippen LogP contribution >= 0.6 is 0 Å². The molecule has 3 nitrogen and oxygen atoms in total. The summed E-state index contributed by atoms with van der Waals surface area (Å²) in [5.41, 5.74) is 0.978. The molecule has 0 aliphatic carbocycles. The molecule has 0 spiro atoms. The van der Waals surface area contributed by atoms with Crippen LogP contribution < -0.4 is 10.1 Å². The van der Waals surface area contributed by atoms with Crippen LogP contribution in [0.2, 0.25) is 0 Å². The van der Waals surface area contributed by atoms with E-state index in [1.807, 2.05) is 7.05 Å². The summed E-state index contributed by atoms with van der Waals surface area (Å²) < 4.78 is 45.4. The van der Waals surface area contributed by atoms with Gasteiger partial charge in [-0.05, 0) is 37.6 Å². The predicted molar refractivity (Wildman–Crippen MR) is 68.6 cm³/mol. The number of hydrogen-bond acceptors (Lipinski definition) is 3. The van der Waals surface area contributed by atoms with Gasteiger partial charge in [0, 0.05) is 18.6 Å². The van der Waals surface area contributed by atoms with E-state index in [-0.39, 0.29) is 11.8 Å². The Kier molecular flexibility index (Phi) is 4.88. The lowest BCUT2D eigenvalue weighted by atomic mass is 9.93. The molecule has 1 aromatic rings. The average molecular weight is 289 g/mol. The zero-order valence-electron chi connectivity index (χ0n) is 11.2. The van der Waals surface area contributed by atoms with Gasteiger partial charge in [-0.1, -0.05) is 12.1 Å². The third-order valence-corrected chi connectivity index (χ3v) is 3.52. The second kappa shape index (κ2) is 6.45. The first-order valence-corrected chi connectivity index (χ1v) is 6.57. The van der Waals surface area contributed by atoms with Crippen molar-refractivity contribution in [2.45, 2.75) is 25.2 Å². The number of hydrogen-bond donors (Lipinski definition) is 1. The topological polar surface area (TPSA) is 30.5 Å². The second-order valence-corrected chi connectivity index (χ2v) is 4.91. The molecule has 1 saturated heterocycles. The van der Waals surface area contributed by atoms with E-state index in [4.69, 9.17) is 4.74 Å². The molecule has 1 aromatic carbocycles. The molecule has 0 bridgehead atoms. The summed E-state index contributed by atoms with van der Waals surface area (Å²) >= 11 is 0. The maximum absolute atomic E-state index is 12.1. The molecule has 20 heavy (non-hydrogen) atoms. The summed E-state index contributed by atoms with van der Waals surface area (Å²) in [4.78, 5) is 0. The summed E-state index contributed by atoms with van der Waals surface area (Å²) in [5.74, 6) is 0.262. The van der Waals surface area contributed by atoms with Crippen LogP contribution in [0.4, 0.5) is 13.2 Å². The van der Waals surface area contributed by atoms with Crippen LogP contribution in [-0.4, -0.2) is 32.7 Å². The summed E-state index contributed by atoms with van der Waals surface area (Å²) in [6.07, 6.45) is -2.87. The third-order valence-electron chi connectivity index (χ3n) is 3.52. The molecule has 6 heteroatoms. The number of ether oxygens (including phenoxy) is 2. The zero-order valence-corrected chi connectivity index (χ0v) is 11.2. The van der Waals surface area contributed by atoms with Crippen molar-refractivity contribution in [3.63, 3.8) is 0 Å². The molecular weight excluding hydrogens is 271 g/mol. The lowest BCUT2D eigenvalue weighted by Gasteiger charge is -2.22. The molecule has 112 valence electrons. The predicted octanol–water partition coefficient (Wildman–Crippen LogP) is 2.75. The van der Waals surface area contributed by atoms with Crippen molar-refractivity contribution in [1.82, 2.24) is 5.32 Å². The highest BCUT2D eigenvalue weighted by Gasteiger charge is 2.31. The molecule has 0 radical (unpaired) electrons. The highest BCUT2D eigenvalue weighted by Crippen LogP contribution is 2.24. The van der Waals surface area contributed by atoms with Crippen LogP contribution in [0.15, 0.2) is 24.3 Å². The van der Waals surface area contributed by atoms with Crippen LogP contribution in [0.3, 0.4) is 0 Å². The summed E-state index contributed by atoms with van der Waals surface area (Å²) in [5, 5.41) is 3.25. The van der Waals surface area contributed by atoms with Gasteiger partial charge in [0.1, 0.15) is 5.75 Å². The Morgan fingerprint density at radius 1 is 1.35 bits per heavy atom. The SMILES string of the molecule is CNC(Cc1ccc(OC(F)(F)F)cc1)C1CCOC1. The van der Waals surface area contributed by atoms with Gasteiger partial charge in [0.05, 0.1) is 6.61 Å². The Bertz CT molecular complexity index is 413. The van der Waals surface area contributed by atoms with E-state index in [0.29, 0.717) is 5.92 Å². The smallest absolute Gasteiger partial charge is 0.406 e. The fourth-order valence-electron chi connectivity index (χ4n) is 2.46. The van der Waals surface area contributed by atoms with E-state index < -0.39 is 6.36 Å². The Labute approximate surface area is 116 Å². The second-order valence-electron chi connectivity index (χ2n) is 4.91. The Balaban J connectivity index is 1.95. The maximum Gasteiger partial charge on any atom is 0.573 e. The van der Waals surface area contributed by atoms with Crippen molar-refractivity contribution in [2.24, 2.45) is 5.92 Å². The van der Waals surface area contributed by atoms with Crippen molar-refractivity contribution in [3.05, 3.63) is 29.8 Å². The van der Waals surface area contributed by atoms with Gasteiger partial charge in [-0.25, -0.2) is 0 Å². The molecule has 0 aromatic heterocycles.